The molecule has 3 rings (SSSR count). The molecule has 112 valence electrons. The molecule has 0 saturated carbocycles. The lowest BCUT2D eigenvalue weighted by molar-refractivity contribution is 0.322. The van der Waals surface area contributed by atoms with Gasteiger partial charge in [0.25, 0.3) is 0 Å². The van der Waals surface area contributed by atoms with Crippen molar-refractivity contribution in [2.75, 3.05) is 27.3 Å². The molecule has 0 spiro atoms. The summed E-state index contributed by atoms with van der Waals surface area (Å²) in [5, 5.41) is 7.43. The topological polar surface area (TPSA) is 69.4 Å². The van der Waals surface area contributed by atoms with Crippen LogP contribution in [-0.4, -0.2) is 37.4 Å². The normalized spacial score (nSPS) is 18.5. The van der Waals surface area contributed by atoms with Gasteiger partial charge in [0.1, 0.15) is 0 Å². The van der Waals surface area contributed by atoms with Gasteiger partial charge in [0.2, 0.25) is 11.7 Å². The third kappa shape index (κ3) is 2.85. The lowest BCUT2D eigenvalue weighted by Crippen LogP contribution is -2.28. The highest BCUT2D eigenvalue weighted by molar-refractivity contribution is 5.60. The smallest absolute Gasteiger partial charge is 0.231 e. The number of ether oxygens (including phenoxy) is 2. The molecular formula is C15H19N3O3. The van der Waals surface area contributed by atoms with Crippen molar-refractivity contribution in [1.29, 1.82) is 0 Å². The zero-order valence-corrected chi connectivity index (χ0v) is 12.3. The molecule has 6 nitrogen and oxygen atoms in total. The van der Waals surface area contributed by atoms with Gasteiger partial charge >= 0.3 is 0 Å². The molecule has 1 aromatic carbocycles. The Labute approximate surface area is 123 Å². The number of rotatable bonds is 4. The molecule has 0 bridgehead atoms. The first kappa shape index (κ1) is 13.9. The summed E-state index contributed by atoms with van der Waals surface area (Å²) >= 11 is 0. The highest BCUT2D eigenvalue weighted by Crippen LogP contribution is 2.32. The predicted octanol–water partition coefficient (Wildman–Crippen LogP) is 2.22. The van der Waals surface area contributed by atoms with E-state index in [1.165, 1.54) is 0 Å². The molecule has 0 amide bonds. The van der Waals surface area contributed by atoms with Crippen molar-refractivity contribution in [1.82, 2.24) is 15.5 Å². The zero-order valence-electron chi connectivity index (χ0n) is 12.3. The highest BCUT2D eigenvalue weighted by atomic mass is 16.5. The van der Waals surface area contributed by atoms with Crippen LogP contribution in [0.4, 0.5) is 0 Å². The van der Waals surface area contributed by atoms with E-state index in [-0.39, 0.29) is 0 Å². The lowest BCUT2D eigenvalue weighted by atomic mass is 10.00. The Balaban J connectivity index is 1.85. The van der Waals surface area contributed by atoms with Crippen LogP contribution in [-0.2, 0) is 0 Å². The van der Waals surface area contributed by atoms with Crippen molar-refractivity contribution in [3.8, 4) is 22.9 Å². The summed E-state index contributed by atoms with van der Waals surface area (Å²) < 4.78 is 15.9. The molecule has 0 unspecified atom stereocenters. The molecular weight excluding hydrogens is 270 g/mol. The number of hydrogen-bond donors (Lipinski definition) is 1. The Bertz CT molecular complexity index is 606. The van der Waals surface area contributed by atoms with Gasteiger partial charge in [-0.3, -0.25) is 0 Å². The zero-order chi connectivity index (χ0) is 14.7. The van der Waals surface area contributed by atoms with Gasteiger partial charge in [-0.15, -0.1) is 0 Å². The summed E-state index contributed by atoms with van der Waals surface area (Å²) in [7, 11) is 3.22. The minimum atomic E-state index is 0.306. The summed E-state index contributed by atoms with van der Waals surface area (Å²) in [4.78, 5) is 4.52. The summed E-state index contributed by atoms with van der Waals surface area (Å²) in [6.45, 7) is 1.96. The van der Waals surface area contributed by atoms with Crippen molar-refractivity contribution < 1.29 is 14.0 Å². The fourth-order valence-electron chi connectivity index (χ4n) is 2.56. The van der Waals surface area contributed by atoms with Crippen LogP contribution >= 0.6 is 0 Å². The van der Waals surface area contributed by atoms with Crippen molar-refractivity contribution in [2.45, 2.75) is 18.8 Å². The average Bonchev–Trinajstić information content (AvgIpc) is 3.05. The van der Waals surface area contributed by atoms with Gasteiger partial charge < -0.3 is 19.3 Å². The minimum absolute atomic E-state index is 0.306. The maximum atomic E-state index is 5.42. The lowest BCUT2D eigenvalue weighted by Gasteiger charge is -2.18. The first-order chi connectivity index (χ1) is 10.3. The number of piperidine rings is 1. The van der Waals surface area contributed by atoms with Crippen molar-refractivity contribution in [2.24, 2.45) is 0 Å². The second-order valence-electron chi connectivity index (χ2n) is 5.07. The Morgan fingerprint density at radius 1 is 1.24 bits per heavy atom. The first-order valence-corrected chi connectivity index (χ1v) is 7.08. The molecule has 0 aliphatic carbocycles. The largest absolute Gasteiger partial charge is 0.493 e. The molecule has 2 aromatic rings. The van der Waals surface area contributed by atoms with Gasteiger partial charge in [0, 0.05) is 12.1 Å². The van der Waals surface area contributed by atoms with Crippen LogP contribution in [0.3, 0.4) is 0 Å². The fourth-order valence-corrected chi connectivity index (χ4v) is 2.56. The first-order valence-electron chi connectivity index (χ1n) is 7.08. The van der Waals surface area contributed by atoms with Crippen LogP contribution in [0.25, 0.3) is 11.4 Å². The quantitative estimate of drug-likeness (QED) is 0.930. The molecule has 6 heteroatoms. The van der Waals surface area contributed by atoms with Crippen LogP contribution in [0, 0.1) is 0 Å². The number of benzene rings is 1. The second-order valence-corrected chi connectivity index (χ2v) is 5.07. The maximum absolute atomic E-state index is 5.42. The van der Waals surface area contributed by atoms with Crippen LogP contribution in [0.5, 0.6) is 11.5 Å². The van der Waals surface area contributed by atoms with E-state index >= 15 is 0 Å². The van der Waals surface area contributed by atoms with Crippen molar-refractivity contribution in [3.05, 3.63) is 24.1 Å². The SMILES string of the molecule is COc1ccc(-c2noc([C@H]3CCCNC3)n2)cc1OC. The molecule has 1 aromatic heterocycles. The molecule has 1 aliphatic heterocycles. The summed E-state index contributed by atoms with van der Waals surface area (Å²) in [6, 6.07) is 5.59. The highest BCUT2D eigenvalue weighted by Gasteiger charge is 2.22. The minimum Gasteiger partial charge on any atom is -0.493 e. The van der Waals surface area contributed by atoms with E-state index in [4.69, 9.17) is 14.0 Å². The van der Waals surface area contributed by atoms with Gasteiger partial charge in [-0.2, -0.15) is 4.98 Å². The second kappa shape index (κ2) is 6.13. The van der Waals surface area contributed by atoms with Gasteiger partial charge in [0.15, 0.2) is 11.5 Å². The Morgan fingerprint density at radius 3 is 2.81 bits per heavy atom. The number of nitrogens with zero attached hydrogens (tertiary/aromatic N) is 2. The van der Waals surface area contributed by atoms with Crippen LogP contribution < -0.4 is 14.8 Å². The molecule has 0 radical (unpaired) electrons. The summed E-state index contributed by atoms with van der Waals surface area (Å²) in [6.07, 6.45) is 2.22. The maximum Gasteiger partial charge on any atom is 0.231 e. The van der Waals surface area contributed by atoms with E-state index in [2.05, 4.69) is 15.5 Å². The predicted molar refractivity (Wildman–Crippen MR) is 77.7 cm³/mol. The monoisotopic (exact) mass is 289 g/mol. The van der Waals surface area contributed by atoms with E-state index in [1.54, 1.807) is 14.2 Å². The number of methoxy groups -OCH3 is 2. The van der Waals surface area contributed by atoms with Gasteiger partial charge in [-0.1, -0.05) is 5.16 Å². The fraction of sp³-hybridized carbons (Fsp3) is 0.467. The van der Waals surface area contributed by atoms with Gasteiger partial charge in [-0.25, -0.2) is 0 Å². The van der Waals surface area contributed by atoms with Crippen LogP contribution in [0.2, 0.25) is 0 Å². The third-order valence-electron chi connectivity index (χ3n) is 3.73. The Kier molecular flexibility index (Phi) is 4.06. The number of nitrogens with one attached hydrogen (secondary N) is 1. The van der Waals surface area contributed by atoms with Crippen LogP contribution in [0.15, 0.2) is 22.7 Å². The van der Waals surface area contributed by atoms with Crippen molar-refractivity contribution >= 4 is 0 Å². The number of aromatic nitrogens is 2. The van der Waals surface area contributed by atoms with E-state index in [9.17, 15) is 0 Å². The molecule has 21 heavy (non-hydrogen) atoms. The Hall–Kier alpha value is -2.08. The summed E-state index contributed by atoms with van der Waals surface area (Å²) in [5.41, 5.74) is 0.853. The molecule has 1 atom stereocenters. The van der Waals surface area contributed by atoms with E-state index < -0.39 is 0 Å². The van der Waals surface area contributed by atoms with E-state index in [0.717, 1.165) is 31.5 Å². The molecule has 1 fully saturated rings. The Morgan fingerprint density at radius 2 is 2.10 bits per heavy atom. The van der Waals surface area contributed by atoms with Crippen molar-refractivity contribution in [3.63, 3.8) is 0 Å². The third-order valence-corrected chi connectivity index (χ3v) is 3.73. The molecule has 1 aliphatic rings. The van der Waals surface area contributed by atoms with E-state index in [0.29, 0.717) is 29.1 Å². The molecule has 1 N–H and O–H groups in total. The number of hydrogen-bond acceptors (Lipinski definition) is 6. The van der Waals surface area contributed by atoms with Gasteiger partial charge in [0.05, 0.1) is 20.1 Å². The standard InChI is InChI=1S/C15H19N3O3/c1-19-12-6-5-10(8-13(12)20-2)14-17-15(21-18-14)11-4-3-7-16-9-11/h5-6,8,11,16H,3-4,7,9H2,1-2H3/t11-/m0/s1. The van der Waals surface area contributed by atoms with E-state index in [1.807, 2.05) is 18.2 Å². The molecule has 2 heterocycles. The average molecular weight is 289 g/mol. The van der Waals surface area contributed by atoms with Crippen LogP contribution in [0.1, 0.15) is 24.7 Å². The molecule has 1 saturated heterocycles. The van der Waals surface area contributed by atoms with Gasteiger partial charge in [-0.05, 0) is 37.6 Å². The summed E-state index contributed by atoms with van der Waals surface area (Å²) in [5.74, 6) is 2.92.